The molecule has 0 atom stereocenters. The molecule has 1 amide bonds. The molecule has 0 aliphatic rings. The van der Waals surface area contributed by atoms with Gasteiger partial charge in [-0.3, -0.25) is 4.79 Å². The highest BCUT2D eigenvalue weighted by atomic mass is 16.5. The topological polar surface area (TPSA) is 95.6 Å². The number of ether oxygens (including phenoxy) is 1. The molecule has 1 aromatic heterocycles. The zero-order valence-corrected chi connectivity index (χ0v) is 15.3. The molecule has 0 fully saturated rings. The first-order chi connectivity index (χ1) is 13.0. The van der Waals surface area contributed by atoms with Gasteiger partial charge in [0.2, 0.25) is 0 Å². The van der Waals surface area contributed by atoms with Crippen LogP contribution < -0.4 is 16.2 Å². The van der Waals surface area contributed by atoms with Crippen LogP contribution in [0.5, 0.6) is 5.75 Å². The van der Waals surface area contributed by atoms with Crippen LogP contribution in [-0.2, 0) is 11.3 Å². The number of carbonyl (C=O) groups excluding carboxylic acids is 1. The smallest absolute Gasteiger partial charge is 0.268 e. The standard InChI is InChI=1S/C21H22N4O2/c1-14-6-8-15(9-7-14)18-10-11-19(16-4-3-5-17(12-16)27-2)25(18)13-20(26)24-21(22)23/h3-12H,13H2,1-2H3,(H4,22,23,24,26). The molecule has 0 bridgehead atoms. The summed E-state index contributed by atoms with van der Waals surface area (Å²) in [5, 5.41) is 0. The van der Waals surface area contributed by atoms with Crippen molar-refractivity contribution in [3.63, 3.8) is 0 Å². The van der Waals surface area contributed by atoms with Crippen LogP contribution in [0.25, 0.3) is 22.5 Å². The Labute approximate surface area is 158 Å². The summed E-state index contributed by atoms with van der Waals surface area (Å²) in [7, 11) is 1.62. The van der Waals surface area contributed by atoms with E-state index in [-0.39, 0.29) is 12.5 Å². The van der Waals surface area contributed by atoms with Gasteiger partial charge in [0, 0.05) is 17.0 Å². The largest absolute Gasteiger partial charge is 0.497 e. The van der Waals surface area contributed by atoms with Crippen molar-refractivity contribution in [1.82, 2.24) is 4.57 Å². The predicted octanol–water partition coefficient (Wildman–Crippen LogP) is 2.94. The molecule has 6 heteroatoms. The van der Waals surface area contributed by atoms with E-state index >= 15 is 0 Å². The lowest BCUT2D eigenvalue weighted by molar-refractivity contribution is -0.118. The van der Waals surface area contributed by atoms with Gasteiger partial charge in [0.05, 0.1) is 7.11 Å². The quantitative estimate of drug-likeness (QED) is 0.539. The van der Waals surface area contributed by atoms with Crippen LogP contribution in [0, 0.1) is 6.92 Å². The summed E-state index contributed by atoms with van der Waals surface area (Å²) >= 11 is 0. The fourth-order valence-corrected chi connectivity index (χ4v) is 2.96. The third-order valence-electron chi connectivity index (χ3n) is 4.24. The van der Waals surface area contributed by atoms with Crippen LogP contribution >= 0.6 is 0 Å². The molecule has 0 aliphatic heterocycles. The summed E-state index contributed by atoms with van der Waals surface area (Å²) in [5.41, 5.74) is 15.6. The maximum absolute atomic E-state index is 12.3. The molecule has 138 valence electrons. The maximum Gasteiger partial charge on any atom is 0.268 e. The van der Waals surface area contributed by atoms with Gasteiger partial charge in [-0.15, -0.1) is 0 Å². The van der Waals surface area contributed by atoms with Crippen LogP contribution in [0.3, 0.4) is 0 Å². The van der Waals surface area contributed by atoms with Crippen LogP contribution in [0.2, 0.25) is 0 Å². The summed E-state index contributed by atoms with van der Waals surface area (Å²) in [4.78, 5) is 15.9. The third kappa shape index (κ3) is 4.17. The molecule has 4 N–H and O–H groups in total. The van der Waals surface area contributed by atoms with Gasteiger partial charge in [-0.2, -0.15) is 4.99 Å². The Kier molecular flexibility index (Phi) is 5.26. The molecule has 3 aromatic rings. The lowest BCUT2D eigenvalue weighted by Crippen LogP contribution is -2.25. The zero-order valence-electron chi connectivity index (χ0n) is 15.3. The van der Waals surface area contributed by atoms with E-state index in [0.29, 0.717) is 0 Å². The SMILES string of the molecule is COc1cccc(-c2ccc(-c3ccc(C)cc3)n2CC(=O)N=C(N)N)c1. The molecule has 0 saturated carbocycles. The third-order valence-corrected chi connectivity index (χ3v) is 4.24. The molecule has 3 rings (SSSR count). The highest BCUT2D eigenvalue weighted by Gasteiger charge is 2.15. The molecule has 0 spiro atoms. The second-order valence-corrected chi connectivity index (χ2v) is 6.22. The van der Waals surface area contributed by atoms with Gasteiger partial charge in [0.1, 0.15) is 12.3 Å². The number of amides is 1. The number of hydrogen-bond acceptors (Lipinski definition) is 2. The van der Waals surface area contributed by atoms with Crippen molar-refractivity contribution in [2.24, 2.45) is 16.5 Å². The molecule has 0 saturated heterocycles. The Bertz CT molecular complexity index is 984. The minimum Gasteiger partial charge on any atom is -0.497 e. The van der Waals surface area contributed by atoms with Crippen molar-refractivity contribution in [2.75, 3.05) is 7.11 Å². The van der Waals surface area contributed by atoms with Crippen molar-refractivity contribution in [2.45, 2.75) is 13.5 Å². The lowest BCUT2D eigenvalue weighted by atomic mass is 10.1. The fourth-order valence-electron chi connectivity index (χ4n) is 2.96. The van der Waals surface area contributed by atoms with E-state index in [1.165, 1.54) is 5.56 Å². The number of aromatic nitrogens is 1. The first kappa shape index (κ1) is 18.3. The fraction of sp³-hybridized carbons (Fsp3) is 0.143. The van der Waals surface area contributed by atoms with Gasteiger partial charge < -0.3 is 20.8 Å². The van der Waals surface area contributed by atoms with Crippen molar-refractivity contribution in [3.05, 3.63) is 66.2 Å². The number of methoxy groups -OCH3 is 1. The Morgan fingerprint density at radius 2 is 1.67 bits per heavy atom. The van der Waals surface area contributed by atoms with Crippen molar-refractivity contribution in [3.8, 4) is 28.3 Å². The Hall–Kier alpha value is -3.54. The average Bonchev–Trinajstić information content (AvgIpc) is 3.05. The second-order valence-electron chi connectivity index (χ2n) is 6.22. The number of rotatable bonds is 5. The van der Waals surface area contributed by atoms with E-state index in [1.54, 1.807) is 7.11 Å². The van der Waals surface area contributed by atoms with Crippen molar-refractivity contribution >= 4 is 11.9 Å². The number of aryl methyl sites for hydroxylation is 1. The van der Waals surface area contributed by atoms with Gasteiger partial charge in [0.25, 0.3) is 5.91 Å². The molecule has 2 aromatic carbocycles. The van der Waals surface area contributed by atoms with Gasteiger partial charge in [-0.1, -0.05) is 42.0 Å². The average molecular weight is 362 g/mol. The Balaban J connectivity index is 2.11. The Morgan fingerprint density at radius 3 is 2.30 bits per heavy atom. The molecular weight excluding hydrogens is 340 g/mol. The summed E-state index contributed by atoms with van der Waals surface area (Å²) < 4.78 is 7.23. The van der Waals surface area contributed by atoms with E-state index in [9.17, 15) is 4.79 Å². The van der Waals surface area contributed by atoms with E-state index < -0.39 is 5.91 Å². The number of guanidine groups is 1. The summed E-state index contributed by atoms with van der Waals surface area (Å²) in [6.45, 7) is 2.06. The number of benzene rings is 2. The molecule has 0 aliphatic carbocycles. The monoisotopic (exact) mass is 362 g/mol. The van der Waals surface area contributed by atoms with E-state index in [1.807, 2.05) is 72.2 Å². The molecule has 0 radical (unpaired) electrons. The van der Waals surface area contributed by atoms with Gasteiger partial charge in [0.15, 0.2) is 5.96 Å². The van der Waals surface area contributed by atoms with Crippen molar-refractivity contribution in [1.29, 1.82) is 0 Å². The van der Waals surface area contributed by atoms with Crippen LogP contribution in [0.4, 0.5) is 0 Å². The molecule has 0 unspecified atom stereocenters. The first-order valence-corrected chi connectivity index (χ1v) is 8.51. The number of hydrogen-bond donors (Lipinski definition) is 2. The van der Waals surface area contributed by atoms with Crippen LogP contribution in [-0.4, -0.2) is 23.5 Å². The molecule has 1 heterocycles. The minimum absolute atomic E-state index is 0.0284. The van der Waals surface area contributed by atoms with Gasteiger partial charge >= 0.3 is 0 Å². The minimum atomic E-state index is -0.413. The van der Waals surface area contributed by atoms with Crippen molar-refractivity contribution < 1.29 is 9.53 Å². The second kappa shape index (κ2) is 7.78. The van der Waals surface area contributed by atoms with E-state index in [0.717, 1.165) is 28.3 Å². The number of aliphatic imine (C=N–C) groups is 1. The highest BCUT2D eigenvalue weighted by molar-refractivity contribution is 5.92. The number of carbonyl (C=O) groups is 1. The number of nitrogens with two attached hydrogens (primary N) is 2. The summed E-state index contributed by atoms with van der Waals surface area (Å²) in [6.07, 6.45) is 0. The van der Waals surface area contributed by atoms with Gasteiger partial charge in [-0.05, 0) is 36.8 Å². The lowest BCUT2D eigenvalue weighted by Gasteiger charge is -2.13. The summed E-state index contributed by atoms with van der Waals surface area (Å²) in [6, 6.07) is 19.8. The molecule has 6 nitrogen and oxygen atoms in total. The van der Waals surface area contributed by atoms with Gasteiger partial charge in [-0.25, -0.2) is 0 Å². The molecule has 27 heavy (non-hydrogen) atoms. The first-order valence-electron chi connectivity index (χ1n) is 8.51. The van der Waals surface area contributed by atoms with Crippen LogP contribution in [0.1, 0.15) is 5.56 Å². The van der Waals surface area contributed by atoms with E-state index in [2.05, 4.69) is 4.99 Å². The van der Waals surface area contributed by atoms with Crippen LogP contribution in [0.15, 0.2) is 65.7 Å². The number of nitrogens with zero attached hydrogens (tertiary/aromatic N) is 2. The normalized spacial score (nSPS) is 10.4. The predicted molar refractivity (Wildman–Crippen MR) is 107 cm³/mol. The highest BCUT2D eigenvalue weighted by Crippen LogP contribution is 2.31. The summed E-state index contributed by atoms with van der Waals surface area (Å²) in [5.74, 6) is 0.0865. The Morgan fingerprint density at radius 1 is 1.00 bits per heavy atom. The zero-order chi connectivity index (χ0) is 19.4. The molecular formula is C21H22N4O2. The van der Waals surface area contributed by atoms with E-state index in [4.69, 9.17) is 16.2 Å². The maximum atomic E-state index is 12.3.